The second-order valence-corrected chi connectivity index (χ2v) is 6.99. The first-order chi connectivity index (χ1) is 15.5. The molecule has 4 N–H and O–H groups in total. The summed E-state index contributed by atoms with van der Waals surface area (Å²) in [5.41, 5.74) is 7.22. The van der Waals surface area contributed by atoms with E-state index in [-0.39, 0.29) is 30.2 Å². The highest BCUT2D eigenvalue weighted by atomic mass is 19.3. The van der Waals surface area contributed by atoms with E-state index in [4.69, 9.17) is 10.5 Å². The molecule has 4 rings (SSSR count). The maximum Gasteiger partial charge on any atom is 0.349 e. The highest BCUT2D eigenvalue weighted by Crippen LogP contribution is 2.24. The summed E-state index contributed by atoms with van der Waals surface area (Å²) in [6.45, 7) is 2.67. The lowest BCUT2D eigenvalue weighted by Crippen LogP contribution is -2.20. The van der Waals surface area contributed by atoms with E-state index in [9.17, 15) is 13.6 Å². The molecule has 0 aliphatic carbocycles. The molecule has 0 aromatic carbocycles. The van der Waals surface area contributed by atoms with E-state index in [1.807, 2.05) is 6.07 Å². The average Bonchev–Trinajstić information content (AvgIpc) is 3.15. The van der Waals surface area contributed by atoms with Gasteiger partial charge in [0.1, 0.15) is 18.2 Å². The van der Waals surface area contributed by atoms with Crippen LogP contribution in [0.15, 0.2) is 41.0 Å². The van der Waals surface area contributed by atoms with Crippen LogP contribution in [-0.4, -0.2) is 44.4 Å². The molecule has 164 valence electrons. The fraction of sp³-hybridized carbons (Fsp3) is 0.238. The Morgan fingerprint density at radius 3 is 2.72 bits per heavy atom. The average molecular weight is 439 g/mol. The highest BCUT2D eigenvalue weighted by Gasteiger charge is 2.17. The normalized spacial score (nSPS) is 12.1. The number of aryl methyl sites for hydroxylation is 1. The number of hydrogen-bond donors (Lipinski definition) is 3. The molecule has 0 saturated carbocycles. The number of aromatic nitrogens is 5. The van der Waals surface area contributed by atoms with Crippen molar-refractivity contribution in [2.75, 3.05) is 25.0 Å². The number of pyridine rings is 2. The zero-order valence-electron chi connectivity index (χ0n) is 17.1. The van der Waals surface area contributed by atoms with E-state index < -0.39 is 11.8 Å². The SMILES string of the molecule is Cc1cc(C#Cc2cnc3c(c2)NCCO3)cnc1-n1c(CC(CN)=C(F)F)n[nH]c1=O. The summed E-state index contributed by atoms with van der Waals surface area (Å²) in [6, 6.07) is 3.61. The van der Waals surface area contributed by atoms with Crippen molar-refractivity contribution in [3.63, 3.8) is 0 Å². The number of rotatable bonds is 4. The Morgan fingerprint density at radius 2 is 2.00 bits per heavy atom. The molecule has 0 atom stereocenters. The van der Waals surface area contributed by atoms with Crippen LogP contribution < -0.4 is 21.5 Å². The number of hydrogen-bond acceptors (Lipinski definition) is 7. The summed E-state index contributed by atoms with van der Waals surface area (Å²) in [7, 11) is 0. The van der Waals surface area contributed by atoms with Crippen molar-refractivity contribution in [1.82, 2.24) is 24.7 Å². The van der Waals surface area contributed by atoms with Gasteiger partial charge in [-0.05, 0) is 24.6 Å². The number of nitrogens with two attached hydrogens (primary N) is 1. The second kappa shape index (κ2) is 8.99. The van der Waals surface area contributed by atoms with E-state index >= 15 is 0 Å². The van der Waals surface area contributed by atoms with E-state index in [0.29, 0.717) is 35.7 Å². The van der Waals surface area contributed by atoms with Gasteiger partial charge in [0, 0.05) is 48.6 Å². The van der Waals surface area contributed by atoms with Crippen LogP contribution in [0.4, 0.5) is 14.5 Å². The number of nitrogens with zero attached hydrogens (tertiary/aromatic N) is 4. The third-order valence-corrected chi connectivity index (χ3v) is 4.75. The van der Waals surface area contributed by atoms with Gasteiger partial charge in [-0.1, -0.05) is 11.8 Å². The number of ether oxygens (including phenoxy) is 1. The molecule has 1 aliphatic rings. The molecule has 3 aromatic heterocycles. The number of nitrogens with one attached hydrogen (secondary N) is 2. The lowest BCUT2D eigenvalue weighted by atomic mass is 10.1. The fourth-order valence-electron chi connectivity index (χ4n) is 3.18. The Hall–Kier alpha value is -4.04. The second-order valence-electron chi connectivity index (χ2n) is 6.99. The zero-order chi connectivity index (χ0) is 22.7. The molecule has 0 amide bonds. The lowest BCUT2D eigenvalue weighted by molar-refractivity contribution is 0.310. The molecule has 0 spiro atoms. The van der Waals surface area contributed by atoms with Crippen LogP contribution in [0.5, 0.6) is 5.88 Å². The first kappa shape index (κ1) is 21.2. The van der Waals surface area contributed by atoms with Crippen LogP contribution >= 0.6 is 0 Å². The fourth-order valence-corrected chi connectivity index (χ4v) is 3.18. The number of fused-ring (bicyclic) bond motifs is 1. The molecule has 32 heavy (non-hydrogen) atoms. The monoisotopic (exact) mass is 439 g/mol. The zero-order valence-corrected chi connectivity index (χ0v) is 17.1. The van der Waals surface area contributed by atoms with Gasteiger partial charge in [-0.25, -0.2) is 24.4 Å². The van der Waals surface area contributed by atoms with Crippen molar-refractivity contribution in [3.05, 3.63) is 69.2 Å². The topological polar surface area (TPSA) is 124 Å². The van der Waals surface area contributed by atoms with Gasteiger partial charge in [0.2, 0.25) is 5.88 Å². The molecule has 0 bridgehead atoms. The maximum absolute atomic E-state index is 13.0. The quantitative estimate of drug-likeness (QED) is 0.527. The first-order valence-corrected chi connectivity index (χ1v) is 9.71. The Morgan fingerprint density at radius 1 is 1.25 bits per heavy atom. The largest absolute Gasteiger partial charge is 0.474 e. The maximum atomic E-state index is 13.0. The van der Waals surface area contributed by atoms with E-state index in [1.165, 1.54) is 6.20 Å². The summed E-state index contributed by atoms with van der Waals surface area (Å²) in [5, 5.41) is 9.33. The van der Waals surface area contributed by atoms with E-state index in [2.05, 4.69) is 37.3 Å². The summed E-state index contributed by atoms with van der Waals surface area (Å²) >= 11 is 0. The third-order valence-electron chi connectivity index (χ3n) is 4.75. The predicted octanol–water partition coefficient (Wildman–Crippen LogP) is 1.51. The van der Waals surface area contributed by atoms with Gasteiger partial charge in [0.25, 0.3) is 6.08 Å². The van der Waals surface area contributed by atoms with Crippen LogP contribution in [0.2, 0.25) is 0 Å². The van der Waals surface area contributed by atoms with Crippen LogP contribution in [0.3, 0.4) is 0 Å². The van der Waals surface area contributed by atoms with Crippen molar-refractivity contribution in [2.24, 2.45) is 5.73 Å². The van der Waals surface area contributed by atoms with Gasteiger partial charge in [-0.15, -0.1) is 0 Å². The summed E-state index contributed by atoms with van der Waals surface area (Å²) < 4.78 is 32.6. The Kier molecular flexibility index (Phi) is 5.96. The van der Waals surface area contributed by atoms with Crippen LogP contribution in [0, 0.1) is 18.8 Å². The minimum absolute atomic E-state index is 0.0903. The minimum Gasteiger partial charge on any atom is -0.474 e. The van der Waals surface area contributed by atoms with E-state index in [1.54, 1.807) is 19.2 Å². The van der Waals surface area contributed by atoms with Crippen molar-refractivity contribution in [3.8, 4) is 23.5 Å². The molecule has 0 saturated heterocycles. The van der Waals surface area contributed by atoms with Gasteiger partial charge < -0.3 is 15.8 Å². The van der Waals surface area contributed by atoms with Gasteiger partial charge in [0.05, 0.1) is 5.69 Å². The van der Waals surface area contributed by atoms with Crippen LogP contribution in [-0.2, 0) is 6.42 Å². The molecular weight excluding hydrogens is 420 g/mol. The number of aromatic amines is 1. The van der Waals surface area contributed by atoms with Gasteiger partial charge in [0.15, 0.2) is 0 Å². The Balaban J connectivity index is 1.62. The highest BCUT2D eigenvalue weighted by molar-refractivity contribution is 5.58. The number of halogens is 2. The van der Waals surface area contributed by atoms with Crippen LogP contribution in [0.1, 0.15) is 22.5 Å². The third kappa shape index (κ3) is 4.35. The molecule has 1 aliphatic heterocycles. The lowest BCUT2D eigenvalue weighted by Gasteiger charge is -2.17. The molecule has 0 fully saturated rings. The van der Waals surface area contributed by atoms with Crippen molar-refractivity contribution >= 4 is 5.69 Å². The minimum atomic E-state index is -1.89. The number of anilines is 1. The molecule has 4 heterocycles. The predicted molar refractivity (Wildman–Crippen MR) is 113 cm³/mol. The first-order valence-electron chi connectivity index (χ1n) is 9.71. The van der Waals surface area contributed by atoms with Gasteiger partial charge in [-0.3, -0.25) is 0 Å². The number of H-pyrrole nitrogens is 1. The van der Waals surface area contributed by atoms with Crippen molar-refractivity contribution < 1.29 is 13.5 Å². The smallest absolute Gasteiger partial charge is 0.349 e. The van der Waals surface area contributed by atoms with Crippen molar-refractivity contribution in [1.29, 1.82) is 0 Å². The Labute approximate surface area is 181 Å². The summed E-state index contributed by atoms with van der Waals surface area (Å²) in [6.07, 6.45) is 0.963. The molecule has 0 unspecified atom stereocenters. The summed E-state index contributed by atoms with van der Waals surface area (Å²) in [5.74, 6) is 6.95. The van der Waals surface area contributed by atoms with Gasteiger partial charge in [-0.2, -0.15) is 13.9 Å². The molecule has 9 nitrogen and oxygen atoms in total. The molecule has 0 radical (unpaired) electrons. The molecular formula is C21H19F2N7O2. The standard InChI is InChI=1S/C21H19F2N7O2/c1-12-6-13(2-3-14-7-16-20(27-11-14)32-5-4-25-16)10-26-19(12)30-17(28-29-21(30)31)8-15(9-24)18(22)23/h6-7,10-11,25H,4-5,8-9,24H2,1H3,(H,29,31). The van der Waals surface area contributed by atoms with Gasteiger partial charge >= 0.3 is 5.69 Å². The van der Waals surface area contributed by atoms with E-state index in [0.717, 1.165) is 10.3 Å². The van der Waals surface area contributed by atoms with Crippen LogP contribution in [0.25, 0.3) is 5.82 Å². The Bertz CT molecular complexity index is 1310. The summed E-state index contributed by atoms with van der Waals surface area (Å²) in [4.78, 5) is 20.8. The van der Waals surface area contributed by atoms with Crippen molar-refractivity contribution in [2.45, 2.75) is 13.3 Å². The molecule has 3 aromatic rings. The molecule has 11 heteroatoms.